The Kier molecular flexibility index (Phi) is 5.17. The smallest absolute Gasteiger partial charge is 0.241 e. The van der Waals surface area contributed by atoms with Gasteiger partial charge in [-0.1, -0.05) is 6.07 Å². The number of likely N-dealkylation sites (N-methyl/N-ethyl adjacent to an activating group) is 1. The van der Waals surface area contributed by atoms with E-state index in [1.807, 2.05) is 37.2 Å². The van der Waals surface area contributed by atoms with Crippen molar-refractivity contribution >= 4 is 5.91 Å². The lowest BCUT2D eigenvalue weighted by Gasteiger charge is -2.24. The van der Waals surface area contributed by atoms with E-state index in [-0.39, 0.29) is 12.7 Å². The average molecular weight is 382 g/mol. The number of carbonyl (C=O) groups excluding carboxylic acids is 1. The van der Waals surface area contributed by atoms with E-state index in [4.69, 9.17) is 9.47 Å². The van der Waals surface area contributed by atoms with Crippen LogP contribution in [0.15, 0.2) is 18.2 Å². The van der Waals surface area contributed by atoms with Crippen LogP contribution in [0.3, 0.4) is 0 Å². The molecular weight excluding hydrogens is 356 g/mol. The Hall–Kier alpha value is -2.67. The molecule has 28 heavy (non-hydrogen) atoms. The van der Waals surface area contributed by atoms with Crippen molar-refractivity contribution < 1.29 is 14.3 Å². The van der Waals surface area contributed by atoms with Crippen molar-refractivity contribution in [3.05, 3.63) is 46.5 Å². The first-order valence-corrected chi connectivity index (χ1v) is 9.72. The molecule has 1 N–H and O–H groups in total. The number of aryl methyl sites for hydroxylation is 2. The fourth-order valence-electron chi connectivity index (χ4n) is 3.96. The molecule has 1 aliphatic carbocycles. The number of carbonyl (C=O) groups is 1. The van der Waals surface area contributed by atoms with E-state index >= 15 is 0 Å². The average Bonchev–Trinajstić information content (AvgIpc) is 3.30. The van der Waals surface area contributed by atoms with Gasteiger partial charge in [0.1, 0.15) is 11.9 Å². The van der Waals surface area contributed by atoms with Gasteiger partial charge in [0.2, 0.25) is 12.7 Å². The molecular formula is C21H26N4O3. The highest BCUT2D eigenvalue weighted by Gasteiger charge is 2.25. The van der Waals surface area contributed by atoms with Crippen LogP contribution in [0.25, 0.3) is 0 Å². The molecule has 7 nitrogen and oxygen atoms in total. The molecule has 4 rings (SSSR count). The summed E-state index contributed by atoms with van der Waals surface area (Å²) in [5, 5.41) is 3.03. The molecule has 1 aromatic carbocycles. The molecule has 2 aliphatic rings. The van der Waals surface area contributed by atoms with Crippen LogP contribution in [0.1, 0.15) is 40.8 Å². The molecule has 0 fully saturated rings. The molecule has 1 atom stereocenters. The van der Waals surface area contributed by atoms with Gasteiger partial charge in [0.15, 0.2) is 11.5 Å². The van der Waals surface area contributed by atoms with E-state index in [1.165, 1.54) is 11.3 Å². The van der Waals surface area contributed by atoms with Crippen molar-refractivity contribution in [2.24, 2.45) is 0 Å². The first-order valence-electron chi connectivity index (χ1n) is 9.72. The molecule has 0 bridgehead atoms. The predicted octanol–water partition coefficient (Wildman–Crippen LogP) is 1.96. The molecule has 2 heterocycles. The third-order valence-corrected chi connectivity index (χ3v) is 5.31. The monoisotopic (exact) mass is 382 g/mol. The van der Waals surface area contributed by atoms with E-state index in [0.717, 1.165) is 36.3 Å². The minimum Gasteiger partial charge on any atom is -0.454 e. The molecule has 0 unspecified atom stereocenters. The SMILES string of the molecule is Cc1nc(CCNC(=O)[C@H](c2ccc3c(c2)OCO3)N(C)C)nc2c1CCC2. The van der Waals surface area contributed by atoms with E-state index in [0.29, 0.717) is 24.5 Å². The number of nitrogens with one attached hydrogen (secondary N) is 1. The lowest BCUT2D eigenvalue weighted by atomic mass is 10.0. The van der Waals surface area contributed by atoms with E-state index in [1.54, 1.807) is 0 Å². The normalized spacial score (nSPS) is 15.6. The summed E-state index contributed by atoms with van der Waals surface area (Å²) in [4.78, 5) is 24.1. The van der Waals surface area contributed by atoms with Crippen molar-refractivity contribution in [3.63, 3.8) is 0 Å². The lowest BCUT2D eigenvalue weighted by Crippen LogP contribution is -2.38. The Morgan fingerprint density at radius 2 is 2.04 bits per heavy atom. The lowest BCUT2D eigenvalue weighted by molar-refractivity contribution is -0.125. The van der Waals surface area contributed by atoms with Crippen molar-refractivity contribution in [2.75, 3.05) is 27.4 Å². The van der Waals surface area contributed by atoms with Gasteiger partial charge in [-0.3, -0.25) is 9.69 Å². The molecule has 148 valence electrons. The molecule has 0 saturated carbocycles. The summed E-state index contributed by atoms with van der Waals surface area (Å²) in [6, 6.07) is 5.23. The van der Waals surface area contributed by atoms with Crippen molar-refractivity contribution in [3.8, 4) is 11.5 Å². The Morgan fingerprint density at radius 1 is 1.21 bits per heavy atom. The van der Waals surface area contributed by atoms with E-state index in [2.05, 4.69) is 22.2 Å². The number of fused-ring (bicyclic) bond motifs is 2. The van der Waals surface area contributed by atoms with Crippen LogP contribution in [0.4, 0.5) is 0 Å². The van der Waals surface area contributed by atoms with E-state index in [9.17, 15) is 4.79 Å². The van der Waals surface area contributed by atoms with Crippen molar-refractivity contribution in [1.29, 1.82) is 0 Å². The van der Waals surface area contributed by atoms with Gasteiger partial charge in [0.25, 0.3) is 0 Å². The van der Waals surface area contributed by atoms with Crippen LogP contribution < -0.4 is 14.8 Å². The summed E-state index contributed by atoms with van der Waals surface area (Å²) in [5.74, 6) is 2.15. The number of ether oxygens (including phenoxy) is 2. The number of hydrogen-bond acceptors (Lipinski definition) is 6. The maximum Gasteiger partial charge on any atom is 0.241 e. The topological polar surface area (TPSA) is 76.6 Å². The quantitative estimate of drug-likeness (QED) is 0.823. The third-order valence-electron chi connectivity index (χ3n) is 5.31. The Balaban J connectivity index is 1.41. The van der Waals surface area contributed by atoms with Crippen molar-refractivity contribution in [2.45, 2.75) is 38.6 Å². The number of benzene rings is 1. The first-order chi connectivity index (χ1) is 13.5. The van der Waals surface area contributed by atoms with Gasteiger partial charge >= 0.3 is 0 Å². The highest BCUT2D eigenvalue weighted by molar-refractivity contribution is 5.83. The third kappa shape index (κ3) is 3.67. The van der Waals surface area contributed by atoms with Crippen LogP contribution in [-0.4, -0.2) is 48.2 Å². The molecule has 7 heteroatoms. The minimum atomic E-state index is -0.405. The van der Waals surface area contributed by atoms with Crippen LogP contribution >= 0.6 is 0 Å². The molecule has 1 aliphatic heterocycles. The van der Waals surface area contributed by atoms with Crippen LogP contribution in [0, 0.1) is 6.92 Å². The van der Waals surface area contributed by atoms with Gasteiger partial charge in [0, 0.05) is 24.4 Å². The van der Waals surface area contributed by atoms with Gasteiger partial charge in [-0.15, -0.1) is 0 Å². The van der Waals surface area contributed by atoms with Gasteiger partial charge in [-0.05, 0) is 63.5 Å². The predicted molar refractivity (Wildman–Crippen MR) is 105 cm³/mol. The molecule has 1 amide bonds. The second-order valence-corrected chi connectivity index (χ2v) is 7.52. The van der Waals surface area contributed by atoms with Gasteiger partial charge < -0.3 is 14.8 Å². The summed E-state index contributed by atoms with van der Waals surface area (Å²) in [6.07, 6.45) is 3.90. The summed E-state index contributed by atoms with van der Waals surface area (Å²) < 4.78 is 10.8. The van der Waals surface area contributed by atoms with Gasteiger partial charge in [-0.25, -0.2) is 9.97 Å². The van der Waals surface area contributed by atoms with Crippen LogP contribution in [0.2, 0.25) is 0 Å². The van der Waals surface area contributed by atoms with Crippen molar-refractivity contribution in [1.82, 2.24) is 20.2 Å². The van der Waals surface area contributed by atoms with Crippen LogP contribution in [0.5, 0.6) is 11.5 Å². The fourth-order valence-corrected chi connectivity index (χ4v) is 3.96. The number of rotatable bonds is 6. The zero-order valence-corrected chi connectivity index (χ0v) is 16.6. The van der Waals surface area contributed by atoms with Gasteiger partial charge in [0.05, 0.1) is 0 Å². The highest BCUT2D eigenvalue weighted by atomic mass is 16.7. The molecule has 2 aromatic rings. The fraction of sp³-hybridized carbons (Fsp3) is 0.476. The van der Waals surface area contributed by atoms with Crippen LogP contribution in [-0.2, 0) is 24.1 Å². The zero-order valence-electron chi connectivity index (χ0n) is 16.6. The zero-order chi connectivity index (χ0) is 19.7. The Labute approximate surface area is 165 Å². The standard InChI is InChI=1S/C21H26N4O3/c1-13-15-5-4-6-16(15)24-19(23-13)9-10-22-21(26)20(25(2)3)14-7-8-17-18(11-14)28-12-27-17/h7-8,11,20H,4-6,9-10,12H2,1-3H3,(H,22,26)/t20-/m0/s1. The number of aromatic nitrogens is 2. The summed E-state index contributed by atoms with van der Waals surface area (Å²) in [5.41, 5.74) is 4.44. The largest absolute Gasteiger partial charge is 0.454 e. The summed E-state index contributed by atoms with van der Waals surface area (Å²) >= 11 is 0. The van der Waals surface area contributed by atoms with Gasteiger partial charge in [-0.2, -0.15) is 0 Å². The number of nitrogens with zero attached hydrogens (tertiary/aromatic N) is 3. The highest BCUT2D eigenvalue weighted by Crippen LogP contribution is 2.35. The maximum absolute atomic E-state index is 12.9. The summed E-state index contributed by atoms with van der Waals surface area (Å²) in [7, 11) is 3.78. The van der Waals surface area contributed by atoms with E-state index < -0.39 is 6.04 Å². The number of amides is 1. The maximum atomic E-state index is 12.9. The number of hydrogen-bond donors (Lipinski definition) is 1. The molecule has 1 aromatic heterocycles. The molecule has 0 radical (unpaired) electrons. The second kappa shape index (κ2) is 7.75. The molecule has 0 spiro atoms. The second-order valence-electron chi connectivity index (χ2n) is 7.52. The first kappa shape index (κ1) is 18.7. The molecule has 0 saturated heterocycles. The summed E-state index contributed by atoms with van der Waals surface area (Å²) in [6.45, 7) is 2.78. The minimum absolute atomic E-state index is 0.0539. The Bertz CT molecular complexity index is 897. The Morgan fingerprint density at radius 3 is 2.86 bits per heavy atom.